The summed E-state index contributed by atoms with van der Waals surface area (Å²) in [6, 6.07) is 1.29. The highest BCUT2D eigenvalue weighted by molar-refractivity contribution is 6.70. The van der Waals surface area contributed by atoms with Crippen LogP contribution in [-0.2, 0) is 4.43 Å². The van der Waals surface area contributed by atoms with Crippen molar-refractivity contribution in [1.29, 1.82) is 0 Å². The molecule has 1 atom stereocenters. The van der Waals surface area contributed by atoms with Gasteiger partial charge in [-0.2, -0.15) is 0 Å². The highest BCUT2D eigenvalue weighted by atomic mass is 28.4. The zero-order valence-electron chi connectivity index (χ0n) is 8.98. The maximum absolute atomic E-state index is 5.70. The van der Waals surface area contributed by atoms with Crippen molar-refractivity contribution < 1.29 is 4.43 Å². The normalized spacial score (nSPS) is 32.8. The monoisotopic (exact) mass is 187 g/mol. The van der Waals surface area contributed by atoms with Crippen molar-refractivity contribution in [3.05, 3.63) is 0 Å². The lowest BCUT2D eigenvalue weighted by Crippen LogP contribution is -2.56. The number of hydrogen-bond donors (Lipinski definition) is 0. The molecule has 1 heterocycles. The first-order valence-corrected chi connectivity index (χ1v) is 7.29. The van der Waals surface area contributed by atoms with E-state index in [1.165, 1.54) is 19.0 Å². The first-order chi connectivity index (χ1) is 5.40. The van der Waals surface area contributed by atoms with Crippen LogP contribution >= 0.6 is 0 Å². The van der Waals surface area contributed by atoms with E-state index in [1.54, 1.807) is 0 Å². The topological polar surface area (TPSA) is 12.5 Å². The lowest BCUT2D eigenvalue weighted by molar-refractivity contribution is 0.210. The SMILES string of the molecule is CO[Si]1(C)CCCN1C(C)(C)C. The second-order valence-corrected chi connectivity index (χ2v) is 8.60. The van der Waals surface area contributed by atoms with Gasteiger partial charge in [-0.25, -0.2) is 0 Å². The van der Waals surface area contributed by atoms with Crippen LogP contribution in [0.1, 0.15) is 27.2 Å². The Morgan fingerprint density at radius 2 is 1.92 bits per heavy atom. The predicted molar refractivity (Wildman–Crippen MR) is 54.5 cm³/mol. The van der Waals surface area contributed by atoms with Crippen molar-refractivity contribution in [2.75, 3.05) is 13.7 Å². The number of nitrogens with zero attached hydrogens (tertiary/aromatic N) is 1. The molecule has 0 spiro atoms. The van der Waals surface area contributed by atoms with Crippen LogP contribution < -0.4 is 0 Å². The predicted octanol–water partition coefficient (Wildman–Crippen LogP) is 2.21. The molecule has 0 saturated carbocycles. The highest BCUT2D eigenvalue weighted by Crippen LogP contribution is 2.32. The minimum absolute atomic E-state index is 0.285. The Bertz CT molecular complexity index is 166. The Morgan fingerprint density at radius 1 is 1.33 bits per heavy atom. The van der Waals surface area contributed by atoms with E-state index in [1.807, 2.05) is 7.11 Å². The van der Waals surface area contributed by atoms with Crippen LogP contribution in [0, 0.1) is 0 Å². The molecule has 0 aromatic rings. The molecule has 0 aromatic heterocycles. The van der Waals surface area contributed by atoms with E-state index in [9.17, 15) is 0 Å². The smallest absolute Gasteiger partial charge is 0.268 e. The Hall–Kier alpha value is 0.137. The zero-order valence-corrected chi connectivity index (χ0v) is 9.98. The third-order valence-electron chi connectivity index (χ3n) is 2.84. The molecule has 72 valence electrons. The molecule has 0 amide bonds. The second kappa shape index (κ2) is 3.12. The standard InChI is InChI=1S/C9H21NOSi/c1-9(2,3)10-7-6-8-12(10,5)11-4/h6-8H2,1-5H3. The van der Waals surface area contributed by atoms with Gasteiger partial charge in [0, 0.05) is 12.6 Å². The highest BCUT2D eigenvalue weighted by Gasteiger charge is 2.45. The van der Waals surface area contributed by atoms with E-state index >= 15 is 0 Å². The largest absolute Gasteiger partial charge is 0.406 e. The summed E-state index contributed by atoms with van der Waals surface area (Å²) in [6.45, 7) is 10.4. The zero-order chi connectivity index (χ0) is 9.41. The molecular weight excluding hydrogens is 166 g/mol. The quantitative estimate of drug-likeness (QED) is 0.584. The van der Waals surface area contributed by atoms with E-state index in [2.05, 4.69) is 31.9 Å². The molecule has 0 N–H and O–H groups in total. The fraction of sp³-hybridized carbons (Fsp3) is 1.00. The minimum Gasteiger partial charge on any atom is -0.406 e. The van der Waals surface area contributed by atoms with Crippen molar-refractivity contribution in [3.63, 3.8) is 0 Å². The molecule has 12 heavy (non-hydrogen) atoms. The minimum atomic E-state index is -1.49. The van der Waals surface area contributed by atoms with E-state index in [-0.39, 0.29) is 5.54 Å². The second-order valence-electron chi connectivity index (χ2n) is 4.81. The van der Waals surface area contributed by atoms with Crippen LogP contribution in [0.3, 0.4) is 0 Å². The molecular formula is C9H21NOSi. The van der Waals surface area contributed by atoms with Gasteiger partial charge in [0.25, 0.3) is 8.48 Å². The Labute approximate surface area is 77.1 Å². The summed E-state index contributed by atoms with van der Waals surface area (Å²) >= 11 is 0. The van der Waals surface area contributed by atoms with E-state index in [0.717, 1.165) is 0 Å². The fourth-order valence-corrected chi connectivity index (χ4v) is 5.75. The van der Waals surface area contributed by atoms with Crippen LogP contribution in [0.4, 0.5) is 0 Å². The number of hydrogen-bond acceptors (Lipinski definition) is 2. The van der Waals surface area contributed by atoms with Crippen molar-refractivity contribution in [2.24, 2.45) is 0 Å². The molecule has 3 heteroatoms. The fourth-order valence-electron chi connectivity index (χ4n) is 2.19. The maximum atomic E-state index is 5.70. The molecule has 0 aliphatic carbocycles. The van der Waals surface area contributed by atoms with Crippen molar-refractivity contribution >= 4 is 8.48 Å². The van der Waals surface area contributed by atoms with Gasteiger partial charge in [-0.3, -0.25) is 4.57 Å². The molecule has 1 saturated heterocycles. The van der Waals surface area contributed by atoms with E-state index in [4.69, 9.17) is 4.43 Å². The summed E-state index contributed by atoms with van der Waals surface area (Å²) in [5.74, 6) is 0. The molecule has 1 aliphatic heterocycles. The van der Waals surface area contributed by atoms with Crippen LogP contribution in [0.25, 0.3) is 0 Å². The summed E-state index contributed by atoms with van der Waals surface area (Å²) in [7, 11) is 0.380. The first-order valence-electron chi connectivity index (χ1n) is 4.73. The van der Waals surface area contributed by atoms with Gasteiger partial charge in [0.15, 0.2) is 0 Å². The Morgan fingerprint density at radius 3 is 2.25 bits per heavy atom. The lowest BCUT2D eigenvalue weighted by atomic mass is 10.1. The van der Waals surface area contributed by atoms with Crippen LogP contribution in [0.15, 0.2) is 0 Å². The molecule has 1 fully saturated rings. The number of rotatable bonds is 1. The summed E-state index contributed by atoms with van der Waals surface area (Å²) in [6.07, 6.45) is 1.31. The van der Waals surface area contributed by atoms with Gasteiger partial charge >= 0.3 is 0 Å². The third kappa shape index (κ3) is 1.73. The molecule has 1 unspecified atom stereocenters. The van der Waals surface area contributed by atoms with E-state index < -0.39 is 8.48 Å². The van der Waals surface area contributed by atoms with Crippen LogP contribution in [-0.4, -0.2) is 32.2 Å². The van der Waals surface area contributed by atoms with Gasteiger partial charge in [0.05, 0.1) is 0 Å². The average molecular weight is 187 g/mol. The van der Waals surface area contributed by atoms with Crippen LogP contribution in [0.5, 0.6) is 0 Å². The molecule has 1 rings (SSSR count). The van der Waals surface area contributed by atoms with Gasteiger partial charge in [0.2, 0.25) is 0 Å². The van der Waals surface area contributed by atoms with Crippen molar-refractivity contribution in [2.45, 2.75) is 45.3 Å². The summed E-state index contributed by atoms with van der Waals surface area (Å²) in [4.78, 5) is 0. The molecule has 2 nitrogen and oxygen atoms in total. The maximum Gasteiger partial charge on any atom is 0.268 e. The Kier molecular flexibility index (Phi) is 2.66. The summed E-state index contributed by atoms with van der Waals surface area (Å²) in [5, 5.41) is 0. The average Bonchev–Trinajstić information content (AvgIpc) is 2.31. The van der Waals surface area contributed by atoms with E-state index in [0.29, 0.717) is 0 Å². The van der Waals surface area contributed by atoms with Gasteiger partial charge in [-0.15, -0.1) is 0 Å². The third-order valence-corrected chi connectivity index (χ3v) is 7.04. The summed E-state index contributed by atoms with van der Waals surface area (Å²) in [5.41, 5.74) is 0.285. The van der Waals surface area contributed by atoms with Gasteiger partial charge in [-0.1, -0.05) is 0 Å². The molecule has 0 radical (unpaired) electrons. The first kappa shape index (κ1) is 10.2. The molecule has 0 bridgehead atoms. The molecule has 0 aromatic carbocycles. The Balaban J connectivity index is 2.77. The lowest BCUT2D eigenvalue weighted by Gasteiger charge is -2.41. The van der Waals surface area contributed by atoms with Crippen molar-refractivity contribution in [1.82, 2.24) is 4.57 Å². The van der Waals surface area contributed by atoms with Gasteiger partial charge in [0.1, 0.15) is 0 Å². The summed E-state index contributed by atoms with van der Waals surface area (Å²) < 4.78 is 8.29. The van der Waals surface area contributed by atoms with Gasteiger partial charge < -0.3 is 4.43 Å². The van der Waals surface area contributed by atoms with Crippen molar-refractivity contribution in [3.8, 4) is 0 Å². The van der Waals surface area contributed by atoms with Gasteiger partial charge in [-0.05, 0) is 46.3 Å². The van der Waals surface area contributed by atoms with Crippen LogP contribution in [0.2, 0.25) is 12.6 Å². The molecule has 1 aliphatic rings.